The molecule has 1 heterocycles. The number of carboxylic acid groups (broad SMARTS) is 1. The minimum Gasteiger partial charge on any atom is -0.480 e. The lowest BCUT2D eigenvalue weighted by atomic mass is 9.86. The van der Waals surface area contributed by atoms with Crippen LogP contribution < -0.4 is 5.32 Å². The van der Waals surface area contributed by atoms with Gasteiger partial charge in [-0.3, -0.25) is 4.79 Å². The second kappa shape index (κ2) is 6.43. The Labute approximate surface area is 129 Å². The molecule has 1 amide bonds. The van der Waals surface area contributed by atoms with Gasteiger partial charge >= 0.3 is 5.97 Å². The highest BCUT2D eigenvalue weighted by molar-refractivity contribution is 6.29. The molecule has 0 radical (unpaired) electrons. The average Bonchev–Trinajstić information content (AvgIpc) is 2.32. The van der Waals surface area contributed by atoms with Gasteiger partial charge in [0.25, 0.3) is 5.91 Å². The Hall–Kier alpha value is -1.62. The number of carboxylic acids is 1. The minimum absolute atomic E-state index is 0.119. The number of aliphatic carboxylic acids is 1. The quantitative estimate of drug-likeness (QED) is 0.837. The predicted molar refractivity (Wildman–Crippen MR) is 81.7 cm³/mol. The Kier molecular flexibility index (Phi) is 5.34. The molecule has 0 saturated heterocycles. The first-order valence-electron chi connectivity index (χ1n) is 6.73. The highest BCUT2D eigenvalue weighted by Crippen LogP contribution is 2.21. The molecular weight excluding hydrogens is 292 g/mol. The van der Waals surface area contributed by atoms with Crippen molar-refractivity contribution in [3.63, 3.8) is 0 Å². The van der Waals surface area contributed by atoms with E-state index in [0.717, 1.165) is 0 Å². The number of aromatic nitrogens is 1. The molecule has 2 N–H and O–H groups in total. The molecule has 0 spiro atoms. The zero-order chi connectivity index (χ0) is 16.4. The van der Waals surface area contributed by atoms with Gasteiger partial charge in [-0.1, -0.05) is 46.2 Å². The van der Waals surface area contributed by atoms with Crippen LogP contribution >= 0.6 is 11.6 Å². The number of hydrogen-bond acceptors (Lipinski definition) is 3. The predicted octanol–water partition coefficient (Wildman–Crippen LogP) is 3.09. The summed E-state index contributed by atoms with van der Waals surface area (Å²) in [4.78, 5) is 27.7. The Morgan fingerprint density at radius 2 is 1.86 bits per heavy atom. The van der Waals surface area contributed by atoms with Gasteiger partial charge in [-0.25, -0.2) is 9.78 Å². The maximum absolute atomic E-state index is 12.3. The summed E-state index contributed by atoms with van der Waals surface area (Å²) in [6.45, 7) is 9.15. The van der Waals surface area contributed by atoms with Crippen molar-refractivity contribution < 1.29 is 14.7 Å². The summed E-state index contributed by atoms with van der Waals surface area (Å²) in [5.74, 6) is -1.42. The molecule has 0 fully saturated rings. The lowest BCUT2D eigenvalue weighted by Crippen LogP contribution is -2.49. The van der Waals surface area contributed by atoms with Crippen LogP contribution in [0.2, 0.25) is 5.15 Å². The first kappa shape index (κ1) is 17.4. The summed E-state index contributed by atoms with van der Waals surface area (Å²) in [7, 11) is 0. The van der Waals surface area contributed by atoms with E-state index in [1.165, 1.54) is 6.07 Å². The van der Waals surface area contributed by atoms with Gasteiger partial charge in [-0.2, -0.15) is 0 Å². The number of halogens is 1. The van der Waals surface area contributed by atoms with Crippen molar-refractivity contribution >= 4 is 23.5 Å². The molecule has 1 aromatic heterocycles. The summed E-state index contributed by atoms with van der Waals surface area (Å²) in [6, 6.07) is 2.08. The SMILES string of the molecule is CC(C)c1cc(C(=O)N[C@H](C(=O)O)C(C)(C)C)cc(Cl)n1. The van der Waals surface area contributed by atoms with Crippen LogP contribution in [0.5, 0.6) is 0 Å². The fourth-order valence-electron chi connectivity index (χ4n) is 1.81. The van der Waals surface area contributed by atoms with Crippen LogP contribution in [-0.4, -0.2) is 28.0 Å². The summed E-state index contributed by atoms with van der Waals surface area (Å²) >= 11 is 5.92. The number of amides is 1. The van der Waals surface area contributed by atoms with Gasteiger partial charge in [-0.05, 0) is 23.5 Å². The normalized spacial score (nSPS) is 13.1. The van der Waals surface area contributed by atoms with Crippen LogP contribution in [0.25, 0.3) is 0 Å². The Bertz CT molecular complexity index is 550. The monoisotopic (exact) mass is 312 g/mol. The second-order valence-electron chi connectivity index (χ2n) is 6.37. The van der Waals surface area contributed by atoms with Crippen LogP contribution in [0.1, 0.15) is 56.6 Å². The third-order valence-electron chi connectivity index (χ3n) is 3.06. The number of pyridine rings is 1. The Morgan fingerprint density at radius 3 is 2.29 bits per heavy atom. The molecule has 0 aromatic carbocycles. The van der Waals surface area contributed by atoms with E-state index in [9.17, 15) is 14.7 Å². The molecule has 5 nitrogen and oxygen atoms in total. The van der Waals surface area contributed by atoms with Gasteiger partial charge in [0.15, 0.2) is 0 Å². The number of hydrogen-bond donors (Lipinski definition) is 2. The van der Waals surface area contributed by atoms with Gasteiger partial charge in [0.1, 0.15) is 11.2 Å². The van der Waals surface area contributed by atoms with Crippen molar-refractivity contribution in [1.29, 1.82) is 0 Å². The lowest BCUT2D eigenvalue weighted by Gasteiger charge is -2.27. The van der Waals surface area contributed by atoms with E-state index in [1.807, 2.05) is 13.8 Å². The Morgan fingerprint density at radius 1 is 1.29 bits per heavy atom. The smallest absolute Gasteiger partial charge is 0.326 e. The van der Waals surface area contributed by atoms with Crippen molar-refractivity contribution in [2.24, 2.45) is 5.41 Å². The average molecular weight is 313 g/mol. The molecule has 1 atom stereocenters. The van der Waals surface area contributed by atoms with E-state index in [4.69, 9.17) is 11.6 Å². The third-order valence-corrected chi connectivity index (χ3v) is 3.25. The van der Waals surface area contributed by atoms with Crippen LogP contribution in [0.3, 0.4) is 0 Å². The molecule has 6 heteroatoms. The van der Waals surface area contributed by atoms with Crippen molar-refractivity contribution in [2.75, 3.05) is 0 Å². The van der Waals surface area contributed by atoms with Crippen LogP contribution in [0.4, 0.5) is 0 Å². The van der Waals surface area contributed by atoms with E-state index in [2.05, 4.69) is 10.3 Å². The molecule has 0 unspecified atom stereocenters. The molecular formula is C15H21ClN2O3. The molecule has 0 aliphatic heterocycles. The summed E-state index contributed by atoms with van der Waals surface area (Å²) in [5.41, 5.74) is 0.406. The second-order valence-corrected chi connectivity index (χ2v) is 6.76. The maximum atomic E-state index is 12.3. The van der Waals surface area contributed by atoms with Gasteiger partial charge in [0.05, 0.1) is 0 Å². The van der Waals surface area contributed by atoms with Crippen molar-refractivity contribution in [1.82, 2.24) is 10.3 Å². The Balaban J connectivity index is 3.06. The minimum atomic E-state index is -1.07. The summed E-state index contributed by atoms with van der Waals surface area (Å²) < 4.78 is 0. The number of nitrogens with zero attached hydrogens (tertiary/aromatic N) is 1. The molecule has 1 aromatic rings. The van der Waals surface area contributed by atoms with Gasteiger partial charge in [-0.15, -0.1) is 0 Å². The fourth-order valence-corrected chi connectivity index (χ4v) is 2.02. The lowest BCUT2D eigenvalue weighted by molar-refractivity contribution is -0.142. The van der Waals surface area contributed by atoms with Crippen molar-refractivity contribution in [3.8, 4) is 0 Å². The molecule has 0 bridgehead atoms. The number of carbonyl (C=O) groups excluding carboxylic acids is 1. The molecule has 1 rings (SSSR count). The largest absolute Gasteiger partial charge is 0.480 e. The van der Waals surface area contributed by atoms with Gasteiger partial charge in [0.2, 0.25) is 0 Å². The number of nitrogens with one attached hydrogen (secondary N) is 1. The number of rotatable bonds is 4. The van der Waals surface area contributed by atoms with Crippen molar-refractivity contribution in [3.05, 3.63) is 28.5 Å². The van der Waals surface area contributed by atoms with Crippen LogP contribution in [-0.2, 0) is 4.79 Å². The molecule has 116 valence electrons. The standard InChI is InChI=1S/C15H21ClN2O3/c1-8(2)10-6-9(7-11(16)17-10)13(19)18-12(14(20)21)15(3,4)5/h6-8,12H,1-5H3,(H,18,19)(H,20,21)/t12-/m1/s1. The maximum Gasteiger partial charge on any atom is 0.326 e. The molecule has 0 saturated carbocycles. The molecule has 21 heavy (non-hydrogen) atoms. The van der Waals surface area contributed by atoms with Gasteiger partial charge < -0.3 is 10.4 Å². The van der Waals surface area contributed by atoms with Gasteiger partial charge in [0, 0.05) is 11.3 Å². The summed E-state index contributed by atoms with van der Waals surface area (Å²) in [5, 5.41) is 12.0. The van der Waals surface area contributed by atoms with E-state index in [0.29, 0.717) is 11.3 Å². The van der Waals surface area contributed by atoms with Crippen LogP contribution in [0, 0.1) is 5.41 Å². The zero-order valence-corrected chi connectivity index (χ0v) is 13.7. The summed E-state index contributed by atoms with van der Waals surface area (Å²) in [6.07, 6.45) is 0. The first-order chi connectivity index (χ1) is 9.52. The highest BCUT2D eigenvalue weighted by atomic mass is 35.5. The van der Waals surface area contributed by atoms with E-state index in [1.54, 1.807) is 26.8 Å². The third kappa shape index (κ3) is 4.70. The highest BCUT2D eigenvalue weighted by Gasteiger charge is 2.32. The molecule has 0 aliphatic rings. The van der Waals surface area contributed by atoms with E-state index in [-0.39, 0.29) is 11.1 Å². The molecule has 0 aliphatic carbocycles. The first-order valence-corrected chi connectivity index (χ1v) is 7.11. The van der Waals surface area contributed by atoms with Crippen LogP contribution in [0.15, 0.2) is 12.1 Å². The topological polar surface area (TPSA) is 79.3 Å². The van der Waals surface area contributed by atoms with Crippen molar-refractivity contribution in [2.45, 2.75) is 46.6 Å². The van der Waals surface area contributed by atoms with E-state index >= 15 is 0 Å². The fraction of sp³-hybridized carbons (Fsp3) is 0.533. The van der Waals surface area contributed by atoms with E-state index < -0.39 is 23.3 Å². The zero-order valence-electron chi connectivity index (χ0n) is 12.9. The number of carbonyl (C=O) groups is 2.